The predicted molar refractivity (Wildman–Crippen MR) is 117 cm³/mol. The van der Waals surface area contributed by atoms with Crippen LogP contribution in [0.25, 0.3) is 0 Å². The van der Waals surface area contributed by atoms with Crippen LogP contribution < -0.4 is 0 Å². The molecule has 1 amide bonds. The Morgan fingerprint density at radius 3 is 2.32 bits per heavy atom. The van der Waals surface area contributed by atoms with Crippen molar-refractivity contribution in [2.24, 2.45) is 0 Å². The van der Waals surface area contributed by atoms with Crippen LogP contribution in [0.5, 0.6) is 0 Å². The molecule has 1 aliphatic heterocycles. The number of carbonyl (C=O) groups is 2. The Bertz CT molecular complexity index is 1030. The van der Waals surface area contributed by atoms with Crippen molar-refractivity contribution in [3.05, 3.63) is 65.2 Å². The highest BCUT2D eigenvalue weighted by atomic mass is 32.2. The van der Waals surface area contributed by atoms with E-state index in [9.17, 15) is 18.0 Å². The summed E-state index contributed by atoms with van der Waals surface area (Å²) in [4.78, 5) is 26.3. The van der Waals surface area contributed by atoms with Crippen LogP contribution in [-0.4, -0.2) is 56.2 Å². The molecule has 7 nitrogen and oxygen atoms in total. The van der Waals surface area contributed by atoms with E-state index in [-0.39, 0.29) is 16.4 Å². The summed E-state index contributed by atoms with van der Waals surface area (Å²) in [7, 11) is -1.98. The molecule has 1 aliphatic rings. The van der Waals surface area contributed by atoms with Crippen molar-refractivity contribution in [2.75, 3.05) is 26.7 Å². The van der Waals surface area contributed by atoms with Crippen molar-refractivity contribution in [3.8, 4) is 0 Å². The van der Waals surface area contributed by atoms with Crippen LogP contribution in [0.4, 0.5) is 0 Å². The predicted octanol–water partition coefficient (Wildman–Crippen LogP) is 2.85. The summed E-state index contributed by atoms with van der Waals surface area (Å²) in [6.07, 6.45) is 2.62. The minimum Gasteiger partial charge on any atom is -0.452 e. The smallest absolute Gasteiger partial charge is 0.338 e. The van der Waals surface area contributed by atoms with Gasteiger partial charge in [0.1, 0.15) is 0 Å². The third kappa shape index (κ3) is 5.71. The van der Waals surface area contributed by atoms with Crippen LogP contribution in [0.15, 0.2) is 53.4 Å². The van der Waals surface area contributed by atoms with Crippen LogP contribution in [0.3, 0.4) is 0 Å². The van der Waals surface area contributed by atoms with Crippen LogP contribution in [0.1, 0.15) is 41.3 Å². The first-order chi connectivity index (χ1) is 14.8. The molecule has 0 atom stereocenters. The molecule has 2 aromatic carbocycles. The summed E-state index contributed by atoms with van der Waals surface area (Å²) in [6, 6.07) is 13.8. The van der Waals surface area contributed by atoms with Crippen molar-refractivity contribution >= 4 is 21.9 Å². The molecule has 1 fully saturated rings. The first-order valence-corrected chi connectivity index (χ1v) is 11.8. The number of hydrogen-bond acceptors (Lipinski definition) is 5. The first-order valence-electron chi connectivity index (χ1n) is 10.4. The maximum absolute atomic E-state index is 12.7. The number of aryl methyl sites for hydroxylation is 1. The number of esters is 1. The minimum absolute atomic E-state index is 0.0582. The number of sulfonamides is 1. The number of hydrogen-bond donors (Lipinski definition) is 0. The zero-order chi connectivity index (χ0) is 22.4. The van der Waals surface area contributed by atoms with Crippen molar-refractivity contribution in [2.45, 2.75) is 37.6 Å². The molecular weight excluding hydrogens is 416 g/mol. The molecule has 0 unspecified atom stereocenters. The second-order valence-corrected chi connectivity index (χ2v) is 9.57. The highest BCUT2D eigenvalue weighted by molar-refractivity contribution is 7.89. The van der Waals surface area contributed by atoms with Gasteiger partial charge in [-0.3, -0.25) is 4.79 Å². The first kappa shape index (κ1) is 23.0. The fourth-order valence-corrected chi connectivity index (χ4v) is 4.99. The van der Waals surface area contributed by atoms with Crippen molar-refractivity contribution in [1.29, 1.82) is 0 Å². The fraction of sp³-hybridized carbons (Fsp3) is 0.391. The van der Waals surface area contributed by atoms with E-state index in [1.807, 2.05) is 24.3 Å². The maximum atomic E-state index is 12.7. The lowest BCUT2D eigenvalue weighted by molar-refractivity contribution is -0.133. The molecule has 0 saturated carbocycles. The van der Waals surface area contributed by atoms with Gasteiger partial charge in [0.05, 0.1) is 10.5 Å². The number of likely N-dealkylation sites (N-methyl/N-ethyl adjacent to an activating group) is 1. The zero-order valence-electron chi connectivity index (χ0n) is 17.9. The number of rotatable bonds is 8. The van der Waals surface area contributed by atoms with Gasteiger partial charge < -0.3 is 9.64 Å². The summed E-state index contributed by atoms with van der Waals surface area (Å²) in [5.41, 5.74) is 2.31. The van der Waals surface area contributed by atoms with E-state index in [4.69, 9.17) is 4.74 Å². The molecule has 1 heterocycles. The Hall–Kier alpha value is -2.71. The lowest BCUT2D eigenvalue weighted by Crippen LogP contribution is -2.31. The summed E-state index contributed by atoms with van der Waals surface area (Å²) in [5, 5.41) is 0. The molecule has 1 saturated heterocycles. The third-order valence-corrected chi connectivity index (χ3v) is 7.27. The lowest BCUT2D eigenvalue weighted by Gasteiger charge is -2.18. The van der Waals surface area contributed by atoms with Crippen molar-refractivity contribution in [3.63, 3.8) is 0 Å². The van der Waals surface area contributed by atoms with Crippen molar-refractivity contribution < 1.29 is 22.7 Å². The average Bonchev–Trinajstić information content (AvgIpc) is 3.33. The molecule has 0 radical (unpaired) electrons. The summed E-state index contributed by atoms with van der Waals surface area (Å²) < 4.78 is 31.9. The van der Waals surface area contributed by atoms with Gasteiger partial charge in [0.25, 0.3) is 5.91 Å². The van der Waals surface area contributed by atoms with E-state index in [2.05, 4.69) is 6.92 Å². The quantitative estimate of drug-likeness (QED) is 0.585. The van der Waals surface area contributed by atoms with Crippen molar-refractivity contribution in [1.82, 2.24) is 9.21 Å². The van der Waals surface area contributed by atoms with Crippen LogP contribution in [-0.2, 0) is 32.5 Å². The van der Waals surface area contributed by atoms with E-state index in [0.29, 0.717) is 19.6 Å². The van der Waals surface area contributed by atoms with Gasteiger partial charge >= 0.3 is 5.97 Å². The zero-order valence-corrected chi connectivity index (χ0v) is 18.7. The van der Waals surface area contributed by atoms with E-state index in [1.165, 1.54) is 39.0 Å². The van der Waals surface area contributed by atoms with Gasteiger partial charge in [0.15, 0.2) is 6.61 Å². The highest BCUT2D eigenvalue weighted by Gasteiger charge is 2.27. The molecule has 0 bridgehead atoms. The molecule has 0 aliphatic carbocycles. The largest absolute Gasteiger partial charge is 0.452 e. The lowest BCUT2D eigenvalue weighted by atomic mass is 10.1. The van der Waals surface area contributed by atoms with Gasteiger partial charge in [-0.25, -0.2) is 13.2 Å². The number of amides is 1. The van der Waals surface area contributed by atoms with Gasteiger partial charge in [-0.2, -0.15) is 4.31 Å². The molecule has 0 aromatic heterocycles. The molecule has 8 heteroatoms. The number of benzene rings is 2. The Morgan fingerprint density at radius 1 is 1.03 bits per heavy atom. The molecule has 31 heavy (non-hydrogen) atoms. The summed E-state index contributed by atoms with van der Waals surface area (Å²) in [5.74, 6) is -1.07. The van der Waals surface area contributed by atoms with E-state index < -0.39 is 22.6 Å². The van der Waals surface area contributed by atoms with Gasteiger partial charge in [0, 0.05) is 26.7 Å². The number of nitrogens with zero attached hydrogens (tertiary/aromatic N) is 2. The van der Waals surface area contributed by atoms with E-state index >= 15 is 0 Å². The second kappa shape index (κ2) is 10.1. The van der Waals surface area contributed by atoms with E-state index in [1.54, 1.807) is 7.05 Å². The third-order valence-electron chi connectivity index (χ3n) is 5.38. The van der Waals surface area contributed by atoms with Gasteiger partial charge in [-0.15, -0.1) is 0 Å². The minimum atomic E-state index is -3.63. The number of carbonyl (C=O) groups excluding carboxylic acids is 2. The maximum Gasteiger partial charge on any atom is 0.338 e. The highest BCUT2D eigenvalue weighted by Crippen LogP contribution is 2.21. The molecule has 3 rings (SSSR count). The molecule has 166 valence electrons. The SMILES string of the molecule is CCc1ccc(CN(C)C(=O)COC(=O)c2cccc(S(=O)(=O)N3CCCC3)c2)cc1. The molecular formula is C23H28N2O5S. The van der Waals surface area contributed by atoms with Crippen LogP contribution in [0, 0.1) is 0 Å². The Labute approximate surface area is 183 Å². The van der Waals surface area contributed by atoms with Gasteiger partial charge in [-0.05, 0) is 48.6 Å². The fourth-order valence-electron chi connectivity index (χ4n) is 3.42. The normalized spacial score (nSPS) is 14.4. The standard InChI is InChI=1S/C23H28N2O5S/c1-3-18-9-11-19(12-10-18)16-24(2)22(26)17-30-23(27)20-7-6-8-21(15-20)31(28,29)25-13-4-5-14-25/h6-12,15H,3-5,13-14,16-17H2,1-2H3. The Balaban J connectivity index is 1.58. The van der Waals surface area contributed by atoms with Crippen LogP contribution >= 0.6 is 0 Å². The van der Waals surface area contributed by atoms with Gasteiger partial charge in [-0.1, -0.05) is 37.3 Å². The molecule has 0 spiro atoms. The van der Waals surface area contributed by atoms with Crippen LogP contribution in [0.2, 0.25) is 0 Å². The van der Waals surface area contributed by atoms with E-state index in [0.717, 1.165) is 24.8 Å². The number of ether oxygens (including phenoxy) is 1. The Kier molecular flexibility index (Phi) is 7.46. The average molecular weight is 445 g/mol. The molecule has 2 aromatic rings. The Morgan fingerprint density at radius 2 is 1.68 bits per heavy atom. The summed E-state index contributed by atoms with van der Waals surface area (Å²) >= 11 is 0. The molecule has 0 N–H and O–H groups in total. The van der Waals surface area contributed by atoms with Gasteiger partial charge in [0.2, 0.25) is 10.0 Å². The summed E-state index contributed by atoms with van der Waals surface area (Å²) in [6.45, 7) is 3.05. The topological polar surface area (TPSA) is 84.0 Å². The second-order valence-electron chi connectivity index (χ2n) is 7.64. The monoisotopic (exact) mass is 444 g/mol.